The van der Waals surface area contributed by atoms with Crippen LogP contribution in [0.25, 0.3) is 0 Å². The fraction of sp³-hybridized carbons (Fsp3) is 0.300. The number of hydrazone groups is 1. The van der Waals surface area contributed by atoms with Gasteiger partial charge in [0.2, 0.25) is 5.91 Å². The molecule has 2 aromatic carbocycles. The minimum atomic E-state index is -0.344. The fourth-order valence-electron chi connectivity index (χ4n) is 3.22. The van der Waals surface area contributed by atoms with Crippen molar-refractivity contribution < 1.29 is 9.90 Å². The summed E-state index contributed by atoms with van der Waals surface area (Å²) in [5.41, 5.74) is 2.13. The number of carbonyl (C=O) groups excluding carboxylic acids is 1. The molecule has 2 N–H and O–H groups in total. The highest BCUT2D eigenvalue weighted by molar-refractivity contribution is 6.31. The van der Waals surface area contributed by atoms with Gasteiger partial charge in [0.1, 0.15) is 6.54 Å². The Hall–Kier alpha value is -2.08. The summed E-state index contributed by atoms with van der Waals surface area (Å²) in [6, 6.07) is 14.4. The van der Waals surface area contributed by atoms with Crippen LogP contribution in [0.1, 0.15) is 18.9 Å². The van der Waals surface area contributed by atoms with Crippen LogP contribution in [0.2, 0.25) is 10.0 Å². The molecule has 1 amide bonds. The van der Waals surface area contributed by atoms with E-state index in [1.54, 1.807) is 29.3 Å². The average molecular weight is 406 g/mol. The number of hydrogen-bond donors (Lipinski definition) is 2. The molecule has 3 rings (SSSR count). The summed E-state index contributed by atoms with van der Waals surface area (Å²) >= 11 is 11.8. The van der Waals surface area contributed by atoms with Gasteiger partial charge < -0.3 is 10.4 Å². The predicted octanol–water partition coefficient (Wildman–Crippen LogP) is 4.04. The molecular weight excluding hydrogens is 385 g/mol. The zero-order valence-electron chi connectivity index (χ0n) is 15.0. The first kappa shape index (κ1) is 19.7. The fourth-order valence-corrected chi connectivity index (χ4v) is 3.48. The van der Waals surface area contributed by atoms with Gasteiger partial charge in [0.05, 0.1) is 5.71 Å². The molecule has 1 heterocycles. The molecule has 0 saturated carbocycles. The van der Waals surface area contributed by atoms with Crippen molar-refractivity contribution in [3.05, 3.63) is 64.1 Å². The largest absolute Gasteiger partial charge is 0.396 e. The average Bonchev–Trinajstić information content (AvgIpc) is 2.94. The second-order valence-corrected chi connectivity index (χ2v) is 7.74. The van der Waals surface area contributed by atoms with E-state index >= 15 is 0 Å². The van der Waals surface area contributed by atoms with Crippen molar-refractivity contribution in [2.75, 3.05) is 25.0 Å². The topological polar surface area (TPSA) is 64.9 Å². The van der Waals surface area contributed by atoms with Gasteiger partial charge in [0.15, 0.2) is 0 Å². The molecular formula is C20H21Cl2N3O2. The van der Waals surface area contributed by atoms with Crippen LogP contribution in [0.5, 0.6) is 0 Å². The van der Waals surface area contributed by atoms with Gasteiger partial charge in [-0.2, -0.15) is 5.10 Å². The van der Waals surface area contributed by atoms with Crippen molar-refractivity contribution in [2.24, 2.45) is 10.5 Å². The number of carbonyl (C=O) groups is 1. The molecule has 0 aliphatic carbocycles. The number of aliphatic hydroxyl groups excluding tert-OH is 1. The van der Waals surface area contributed by atoms with Crippen molar-refractivity contribution >= 4 is 40.5 Å². The summed E-state index contributed by atoms with van der Waals surface area (Å²) < 4.78 is 0. The zero-order chi connectivity index (χ0) is 19.4. The third-order valence-corrected chi connectivity index (χ3v) is 5.08. The number of benzene rings is 2. The van der Waals surface area contributed by atoms with Crippen molar-refractivity contribution in [1.29, 1.82) is 0 Å². The van der Waals surface area contributed by atoms with Crippen LogP contribution in [0.4, 0.5) is 5.69 Å². The van der Waals surface area contributed by atoms with Gasteiger partial charge in [0.25, 0.3) is 0 Å². The Labute approximate surface area is 168 Å². The molecule has 7 heteroatoms. The smallest absolute Gasteiger partial charge is 0.245 e. The second-order valence-electron chi connectivity index (χ2n) is 6.87. The monoisotopic (exact) mass is 405 g/mol. The first-order chi connectivity index (χ1) is 12.9. The standard InChI is InChI=1S/C20H21Cl2N3O2/c1-20(10-11-26)13-25(24-19(20)14-2-4-15(21)5-3-14)12-18(27)23-17-8-6-16(22)7-9-17/h2-9,26H,10-13H2,1H3,(H,23,27). The molecule has 0 spiro atoms. The van der Waals surface area contributed by atoms with Crippen LogP contribution >= 0.6 is 23.2 Å². The highest BCUT2D eigenvalue weighted by Crippen LogP contribution is 2.34. The summed E-state index contributed by atoms with van der Waals surface area (Å²) in [7, 11) is 0. The molecule has 142 valence electrons. The maximum Gasteiger partial charge on any atom is 0.245 e. The van der Waals surface area contributed by atoms with Crippen LogP contribution in [-0.2, 0) is 4.79 Å². The minimum Gasteiger partial charge on any atom is -0.396 e. The Bertz CT molecular complexity index is 837. The van der Waals surface area contributed by atoms with E-state index in [-0.39, 0.29) is 24.5 Å². The molecule has 0 radical (unpaired) electrons. The Morgan fingerprint density at radius 3 is 2.33 bits per heavy atom. The normalized spacial score (nSPS) is 19.1. The number of hydrogen-bond acceptors (Lipinski definition) is 4. The summed E-state index contributed by atoms with van der Waals surface area (Å²) in [4.78, 5) is 12.4. The van der Waals surface area contributed by atoms with Crippen molar-refractivity contribution in [3.63, 3.8) is 0 Å². The molecule has 1 aliphatic rings. The molecule has 0 aromatic heterocycles. The molecule has 1 unspecified atom stereocenters. The first-order valence-corrected chi connectivity index (χ1v) is 9.41. The van der Waals surface area contributed by atoms with E-state index in [9.17, 15) is 9.90 Å². The van der Waals surface area contributed by atoms with Crippen molar-refractivity contribution in [3.8, 4) is 0 Å². The lowest BCUT2D eigenvalue weighted by Crippen LogP contribution is -2.35. The van der Waals surface area contributed by atoms with E-state index < -0.39 is 0 Å². The number of rotatable bonds is 6. The van der Waals surface area contributed by atoms with E-state index in [0.717, 1.165) is 11.3 Å². The number of nitrogens with zero attached hydrogens (tertiary/aromatic N) is 2. The molecule has 1 aliphatic heterocycles. The van der Waals surface area contributed by atoms with E-state index in [1.165, 1.54) is 0 Å². The number of halogens is 2. The number of anilines is 1. The number of amides is 1. The zero-order valence-corrected chi connectivity index (χ0v) is 16.5. The number of nitrogens with one attached hydrogen (secondary N) is 1. The second kappa shape index (κ2) is 8.30. The van der Waals surface area contributed by atoms with Crippen LogP contribution in [0, 0.1) is 5.41 Å². The lowest BCUT2D eigenvalue weighted by Gasteiger charge is -2.25. The van der Waals surface area contributed by atoms with Crippen molar-refractivity contribution in [1.82, 2.24) is 5.01 Å². The SMILES string of the molecule is CC1(CCO)CN(CC(=O)Nc2ccc(Cl)cc2)N=C1c1ccc(Cl)cc1. The lowest BCUT2D eigenvalue weighted by molar-refractivity contribution is -0.117. The van der Waals surface area contributed by atoms with Gasteiger partial charge in [-0.15, -0.1) is 0 Å². The third kappa shape index (κ3) is 4.80. The van der Waals surface area contributed by atoms with Gasteiger partial charge in [-0.1, -0.05) is 42.3 Å². The summed E-state index contributed by atoms with van der Waals surface area (Å²) in [6.45, 7) is 2.78. The molecule has 0 saturated heterocycles. The van der Waals surface area contributed by atoms with Gasteiger partial charge in [0, 0.05) is 34.3 Å². The van der Waals surface area contributed by atoms with Crippen LogP contribution < -0.4 is 5.32 Å². The maximum atomic E-state index is 12.4. The Morgan fingerprint density at radius 2 is 1.74 bits per heavy atom. The first-order valence-electron chi connectivity index (χ1n) is 8.66. The summed E-state index contributed by atoms with van der Waals surface area (Å²) in [5.74, 6) is -0.162. The van der Waals surface area contributed by atoms with Crippen LogP contribution in [0.3, 0.4) is 0 Å². The minimum absolute atomic E-state index is 0.0495. The Morgan fingerprint density at radius 1 is 1.15 bits per heavy atom. The maximum absolute atomic E-state index is 12.4. The molecule has 1 atom stereocenters. The third-order valence-electron chi connectivity index (χ3n) is 4.58. The lowest BCUT2D eigenvalue weighted by atomic mass is 9.79. The van der Waals surface area contributed by atoms with E-state index in [4.69, 9.17) is 23.2 Å². The molecule has 0 bridgehead atoms. The van der Waals surface area contributed by atoms with Crippen LogP contribution in [-0.4, -0.2) is 41.4 Å². The predicted molar refractivity (Wildman–Crippen MR) is 109 cm³/mol. The van der Waals surface area contributed by atoms with Crippen molar-refractivity contribution in [2.45, 2.75) is 13.3 Å². The highest BCUT2D eigenvalue weighted by Gasteiger charge is 2.39. The Balaban J connectivity index is 1.74. The summed E-state index contributed by atoms with van der Waals surface area (Å²) in [5, 5.41) is 20.0. The van der Waals surface area contributed by atoms with Gasteiger partial charge in [-0.3, -0.25) is 9.80 Å². The van der Waals surface area contributed by atoms with E-state index in [1.807, 2.05) is 31.2 Å². The van der Waals surface area contributed by atoms with E-state index in [0.29, 0.717) is 28.7 Å². The molecule has 5 nitrogen and oxygen atoms in total. The molecule has 0 fully saturated rings. The Kier molecular flexibility index (Phi) is 6.05. The van der Waals surface area contributed by atoms with Gasteiger partial charge in [-0.05, 0) is 48.4 Å². The molecule has 27 heavy (non-hydrogen) atoms. The van der Waals surface area contributed by atoms with Crippen LogP contribution in [0.15, 0.2) is 53.6 Å². The van der Waals surface area contributed by atoms with Gasteiger partial charge in [-0.25, -0.2) is 0 Å². The van der Waals surface area contributed by atoms with Gasteiger partial charge >= 0.3 is 0 Å². The van der Waals surface area contributed by atoms with E-state index in [2.05, 4.69) is 10.4 Å². The number of aliphatic hydroxyl groups is 1. The molecule has 2 aromatic rings. The summed E-state index contributed by atoms with van der Waals surface area (Å²) in [6.07, 6.45) is 0.559. The highest BCUT2D eigenvalue weighted by atomic mass is 35.5. The quantitative estimate of drug-likeness (QED) is 0.761.